The van der Waals surface area contributed by atoms with Gasteiger partial charge in [-0.15, -0.1) is 0 Å². The average molecular weight is 293 g/mol. The van der Waals surface area contributed by atoms with Crippen molar-refractivity contribution in [3.8, 4) is 0 Å². The van der Waals surface area contributed by atoms with Crippen LogP contribution in [0.4, 0.5) is 11.5 Å². The summed E-state index contributed by atoms with van der Waals surface area (Å²) in [5, 5.41) is 10.8. The lowest BCUT2D eigenvalue weighted by Gasteiger charge is -2.37. The lowest BCUT2D eigenvalue weighted by Crippen LogP contribution is -2.50. The molecule has 0 atom stereocenters. The van der Waals surface area contributed by atoms with Gasteiger partial charge in [0.1, 0.15) is 12.0 Å². The molecule has 1 aliphatic rings. The third kappa shape index (κ3) is 3.27. The average Bonchev–Trinajstić information content (AvgIpc) is 2.47. The molecule has 0 aromatic carbocycles. The van der Waals surface area contributed by atoms with Crippen molar-refractivity contribution in [3.05, 3.63) is 27.9 Å². The maximum atomic E-state index is 12.4. The van der Waals surface area contributed by atoms with Gasteiger partial charge in [-0.2, -0.15) is 0 Å². The van der Waals surface area contributed by atoms with Gasteiger partial charge in [0.25, 0.3) is 11.6 Å². The molecule has 0 radical (unpaired) electrons. The maximum absolute atomic E-state index is 12.4. The quantitative estimate of drug-likeness (QED) is 0.650. The second-order valence-corrected chi connectivity index (χ2v) is 5.31. The molecule has 0 spiro atoms. The maximum Gasteiger partial charge on any atom is 0.288 e. The number of piperazine rings is 1. The molecular formula is C13H19N5O3. The van der Waals surface area contributed by atoms with Crippen molar-refractivity contribution in [1.29, 1.82) is 0 Å². The van der Waals surface area contributed by atoms with Crippen LogP contribution in [0.3, 0.4) is 0 Å². The molecule has 0 unspecified atom stereocenters. The Bertz CT molecular complexity index is 553. The van der Waals surface area contributed by atoms with Crippen molar-refractivity contribution in [3.63, 3.8) is 0 Å². The molecule has 2 heterocycles. The molecule has 21 heavy (non-hydrogen) atoms. The molecule has 0 bridgehead atoms. The van der Waals surface area contributed by atoms with Crippen molar-refractivity contribution in [2.75, 3.05) is 31.9 Å². The van der Waals surface area contributed by atoms with Gasteiger partial charge in [-0.3, -0.25) is 19.8 Å². The number of pyridine rings is 1. The van der Waals surface area contributed by atoms with E-state index in [2.05, 4.69) is 23.7 Å². The van der Waals surface area contributed by atoms with Crippen LogP contribution in [-0.2, 0) is 0 Å². The highest BCUT2D eigenvalue weighted by molar-refractivity contribution is 5.98. The van der Waals surface area contributed by atoms with Crippen molar-refractivity contribution in [1.82, 2.24) is 14.8 Å². The van der Waals surface area contributed by atoms with Crippen LogP contribution in [0.15, 0.2) is 12.3 Å². The number of nitrogens with two attached hydrogens (primary N) is 1. The number of amides is 1. The Labute approximate surface area is 122 Å². The van der Waals surface area contributed by atoms with Gasteiger partial charge < -0.3 is 10.6 Å². The minimum absolute atomic E-state index is 0.0249. The largest absolute Gasteiger partial charge is 0.383 e. The van der Waals surface area contributed by atoms with Crippen molar-refractivity contribution in [2.45, 2.75) is 19.9 Å². The summed E-state index contributed by atoms with van der Waals surface area (Å²) in [6.45, 7) is 6.95. The smallest absolute Gasteiger partial charge is 0.288 e. The summed E-state index contributed by atoms with van der Waals surface area (Å²) in [4.78, 5) is 30.3. The first-order valence-corrected chi connectivity index (χ1v) is 6.83. The van der Waals surface area contributed by atoms with Gasteiger partial charge in [0, 0.05) is 38.3 Å². The number of carbonyl (C=O) groups excluding carboxylic acids is 1. The molecule has 1 aromatic heterocycles. The first-order chi connectivity index (χ1) is 9.90. The number of nitro groups is 1. The normalized spacial score (nSPS) is 16.2. The highest BCUT2D eigenvalue weighted by Crippen LogP contribution is 2.19. The van der Waals surface area contributed by atoms with E-state index in [1.54, 1.807) is 4.90 Å². The van der Waals surface area contributed by atoms with Crippen LogP contribution in [0.1, 0.15) is 24.2 Å². The van der Waals surface area contributed by atoms with E-state index in [1.165, 1.54) is 6.07 Å². The summed E-state index contributed by atoms with van der Waals surface area (Å²) in [5.41, 5.74) is 5.55. The molecule has 2 N–H and O–H groups in total. The number of hydrogen-bond acceptors (Lipinski definition) is 6. The molecule has 8 nitrogen and oxygen atoms in total. The second kappa shape index (κ2) is 6.04. The minimum atomic E-state index is -0.583. The molecule has 0 saturated carbocycles. The molecular weight excluding hydrogens is 274 g/mol. The summed E-state index contributed by atoms with van der Waals surface area (Å²) in [6, 6.07) is 1.63. The zero-order valence-corrected chi connectivity index (χ0v) is 12.2. The van der Waals surface area contributed by atoms with Gasteiger partial charge >= 0.3 is 0 Å². The zero-order valence-electron chi connectivity index (χ0n) is 12.2. The highest BCUT2D eigenvalue weighted by atomic mass is 16.6. The van der Waals surface area contributed by atoms with E-state index in [9.17, 15) is 14.9 Å². The summed E-state index contributed by atoms with van der Waals surface area (Å²) in [7, 11) is 0. The van der Waals surface area contributed by atoms with Crippen molar-refractivity contribution in [2.24, 2.45) is 0 Å². The number of nitrogens with zero attached hydrogens (tertiary/aromatic N) is 4. The van der Waals surface area contributed by atoms with Gasteiger partial charge in [0.2, 0.25) is 0 Å². The Morgan fingerprint density at radius 2 is 2.00 bits per heavy atom. The lowest BCUT2D eigenvalue weighted by atomic mass is 10.2. The molecule has 8 heteroatoms. The number of anilines is 1. The first kappa shape index (κ1) is 15.2. The molecule has 0 aliphatic carbocycles. The van der Waals surface area contributed by atoms with Crippen LogP contribution in [-0.4, -0.2) is 57.8 Å². The standard InChI is InChI=1S/C13H19N5O3/c1-9(2)16-3-5-17(6-4-16)13(19)11-7-10(18(20)21)8-15-12(11)14/h7-9H,3-6H2,1-2H3,(H2,14,15). The van der Waals surface area contributed by atoms with E-state index >= 15 is 0 Å². The van der Waals surface area contributed by atoms with Crippen LogP contribution in [0.25, 0.3) is 0 Å². The molecule has 1 fully saturated rings. The van der Waals surface area contributed by atoms with Crippen molar-refractivity contribution < 1.29 is 9.72 Å². The lowest BCUT2D eigenvalue weighted by molar-refractivity contribution is -0.385. The van der Waals surface area contributed by atoms with Crippen LogP contribution in [0.5, 0.6) is 0 Å². The second-order valence-electron chi connectivity index (χ2n) is 5.31. The van der Waals surface area contributed by atoms with Gasteiger partial charge in [-0.05, 0) is 13.8 Å². The fraction of sp³-hybridized carbons (Fsp3) is 0.538. The topological polar surface area (TPSA) is 106 Å². The van der Waals surface area contributed by atoms with Crippen LogP contribution in [0, 0.1) is 10.1 Å². The molecule has 1 amide bonds. The number of aromatic nitrogens is 1. The highest BCUT2D eigenvalue weighted by Gasteiger charge is 2.26. The Balaban J connectivity index is 2.14. The van der Waals surface area contributed by atoms with Gasteiger partial charge in [-0.25, -0.2) is 4.98 Å². The van der Waals surface area contributed by atoms with Gasteiger partial charge in [0.05, 0.1) is 10.5 Å². The Kier molecular flexibility index (Phi) is 4.37. The number of nitrogen functional groups attached to an aromatic ring is 1. The Morgan fingerprint density at radius 3 is 2.52 bits per heavy atom. The van der Waals surface area contributed by atoms with E-state index in [0.29, 0.717) is 19.1 Å². The molecule has 1 aliphatic heterocycles. The van der Waals surface area contributed by atoms with E-state index in [0.717, 1.165) is 19.3 Å². The molecule has 1 saturated heterocycles. The monoisotopic (exact) mass is 293 g/mol. The predicted octanol–water partition coefficient (Wildman–Crippen LogP) is 0.738. The predicted molar refractivity (Wildman–Crippen MR) is 77.9 cm³/mol. The van der Waals surface area contributed by atoms with Crippen LogP contribution in [0.2, 0.25) is 0 Å². The first-order valence-electron chi connectivity index (χ1n) is 6.83. The number of rotatable bonds is 3. The minimum Gasteiger partial charge on any atom is -0.383 e. The van der Waals surface area contributed by atoms with Crippen LogP contribution >= 0.6 is 0 Å². The molecule has 114 valence electrons. The zero-order chi connectivity index (χ0) is 15.6. The summed E-state index contributed by atoms with van der Waals surface area (Å²) >= 11 is 0. The number of hydrogen-bond donors (Lipinski definition) is 1. The van der Waals surface area contributed by atoms with Crippen LogP contribution < -0.4 is 5.73 Å². The summed E-state index contributed by atoms with van der Waals surface area (Å²) in [6.07, 6.45) is 1.06. The van der Waals surface area contributed by atoms with E-state index < -0.39 is 4.92 Å². The van der Waals surface area contributed by atoms with E-state index in [-0.39, 0.29) is 23.0 Å². The Morgan fingerprint density at radius 1 is 1.38 bits per heavy atom. The van der Waals surface area contributed by atoms with Crippen molar-refractivity contribution >= 4 is 17.4 Å². The van der Waals surface area contributed by atoms with E-state index in [1.807, 2.05) is 0 Å². The fourth-order valence-corrected chi connectivity index (χ4v) is 2.35. The summed E-state index contributed by atoms with van der Waals surface area (Å²) < 4.78 is 0. The van der Waals surface area contributed by atoms with Gasteiger partial charge in [-0.1, -0.05) is 0 Å². The van der Waals surface area contributed by atoms with Gasteiger partial charge in [0.15, 0.2) is 0 Å². The van der Waals surface area contributed by atoms with E-state index in [4.69, 9.17) is 5.73 Å². The Hall–Kier alpha value is -2.22. The molecule has 2 rings (SSSR count). The third-order valence-corrected chi connectivity index (χ3v) is 3.68. The molecule has 1 aromatic rings. The SMILES string of the molecule is CC(C)N1CCN(C(=O)c2cc([N+](=O)[O-])cnc2N)CC1. The number of carbonyl (C=O) groups is 1. The summed E-state index contributed by atoms with van der Waals surface area (Å²) in [5.74, 6) is -0.274. The third-order valence-electron chi connectivity index (χ3n) is 3.68. The fourth-order valence-electron chi connectivity index (χ4n) is 2.35.